The van der Waals surface area contributed by atoms with Crippen molar-refractivity contribution < 1.29 is 9.59 Å². The molecule has 1 unspecified atom stereocenters. The lowest BCUT2D eigenvalue weighted by Crippen LogP contribution is -2.22. The van der Waals surface area contributed by atoms with E-state index >= 15 is 0 Å². The molecule has 1 fully saturated rings. The summed E-state index contributed by atoms with van der Waals surface area (Å²) < 4.78 is 0. The fraction of sp³-hybridized carbons (Fsp3) is 0.118. The molecule has 1 aromatic heterocycles. The molecular formula is C17H13ClN6O2. The number of tetrazole rings is 1. The zero-order chi connectivity index (χ0) is 18.1. The number of carbonyl (C=O) groups excluding carboxylic acids is 2. The normalized spacial score (nSPS) is 16.4. The fourth-order valence-corrected chi connectivity index (χ4v) is 2.78. The van der Waals surface area contributed by atoms with Crippen LogP contribution in [0.15, 0.2) is 48.5 Å². The Hall–Kier alpha value is -3.26. The van der Waals surface area contributed by atoms with E-state index in [1.54, 1.807) is 24.3 Å². The van der Waals surface area contributed by atoms with Gasteiger partial charge in [0.25, 0.3) is 5.91 Å². The molecule has 1 saturated heterocycles. The summed E-state index contributed by atoms with van der Waals surface area (Å²) >= 11 is 5.88. The lowest BCUT2D eigenvalue weighted by Gasteiger charge is -2.07. The predicted molar refractivity (Wildman–Crippen MR) is 93.2 cm³/mol. The van der Waals surface area contributed by atoms with Gasteiger partial charge in [-0.2, -0.15) is 4.80 Å². The number of hydrogen-bond acceptors (Lipinski definition) is 5. The minimum Gasteiger partial charge on any atom is -0.322 e. The Balaban J connectivity index is 1.50. The van der Waals surface area contributed by atoms with Crippen LogP contribution >= 0.6 is 11.6 Å². The minimum absolute atomic E-state index is 0.366. The highest BCUT2D eigenvalue weighted by Crippen LogP contribution is 2.21. The average molecular weight is 369 g/mol. The number of nitrogens with zero attached hydrogens (tertiary/aromatic N) is 4. The van der Waals surface area contributed by atoms with Gasteiger partial charge in [0, 0.05) is 10.6 Å². The van der Waals surface area contributed by atoms with Gasteiger partial charge in [-0.25, -0.2) is 4.79 Å². The first-order valence-electron chi connectivity index (χ1n) is 7.82. The van der Waals surface area contributed by atoms with Crippen LogP contribution < -0.4 is 10.6 Å². The van der Waals surface area contributed by atoms with E-state index in [2.05, 4.69) is 26.0 Å². The molecule has 1 aliphatic heterocycles. The minimum atomic E-state index is -0.676. The van der Waals surface area contributed by atoms with E-state index in [9.17, 15) is 9.59 Å². The lowest BCUT2D eigenvalue weighted by molar-refractivity contribution is -0.120. The third-order valence-electron chi connectivity index (χ3n) is 3.97. The SMILES string of the molecule is O=C1NC(=O)C(c2ccc(-c3nnn(Cc4ccc(Cl)cc4)n3)cc2)N1. The number of halogens is 1. The number of hydrogen-bond donors (Lipinski definition) is 2. The van der Waals surface area contributed by atoms with Crippen LogP contribution in [0.1, 0.15) is 17.2 Å². The molecule has 2 N–H and O–H groups in total. The van der Waals surface area contributed by atoms with Crippen LogP contribution in [0.25, 0.3) is 11.4 Å². The molecule has 0 aliphatic carbocycles. The van der Waals surface area contributed by atoms with E-state index in [0.29, 0.717) is 23.0 Å². The second kappa shape index (κ2) is 6.57. The van der Waals surface area contributed by atoms with E-state index in [0.717, 1.165) is 11.1 Å². The smallest absolute Gasteiger partial charge is 0.322 e. The summed E-state index contributed by atoms with van der Waals surface area (Å²) in [6, 6.07) is 13.4. The zero-order valence-corrected chi connectivity index (χ0v) is 14.1. The summed E-state index contributed by atoms with van der Waals surface area (Å²) in [7, 11) is 0. The van der Waals surface area contributed by atoms with Crippen LogP contribution in [0.2, 0.25) is 5.02 Å². The van der Waals surface area contributed by atoms with Gasteiger partial charge in [-0.1, -0.05) is 48.0 Å². The number of imide groups is 1. The largest absolute Gasteiger partial charge is 0.322 e. The number of aromatic nitrogens is 4. The third-order valence-corrected chi connectivity index (χ3v) is 4.22. The molecule has 4 rings (SSSR count). The Morgan fingerprint density at radius 2 is 1.77 bits per heavy atom. The second-order valence-corrected chi connectivity index (χ2v) is 6.22. The molecule has 3 aromatic rings. The molecule has 2 heterocycles. The first-order valence-corrected chi connectivity index (χ1v) is 8.20. The molecule has 9 heteroatoms. The molecule has 0 radical (unpaired) electrons. The van der Waals surface area contributed by atoms with Crippen molar-refractivity contribution in [1.82, 2.24) is 30.8 Å². The Bertz CT molecular complexity index is 968. The van der Waals surface area contributed by atoms with E-state index < -0.39 is 12.1 Å². The monoisotopic (exact) mass is 368 g/mol. The van der Waals surface area contributed by atoms with E-state index in [1.165, 1.54) is 4.80 Å². The number of benzene rings is 2. The summed E-state index contributed by atoms with van der Waals surface area (Å²) in [4.78, 5) is 24.4. The van der Waals surface area contributed by atoms with E-state index in [-0.39, 0.29) is 5.91 Å². The molecule has 26 heavy (non-hydrogen) atoms. The maximum Gasteiger partial charge on any atom is 0.322 e. The number of rotatable bonds is 4. The molecular weight excluding hydrogens is 356 g/mol. The van der Waals surface area contributed by atoms with Crippen molar-refractivity contribution in [3.05, 3.63) is 64.7 Å². The van der Waals surface area contributed by atoms with Gasteiger partial charge >= 0.3 is 6.03 Å². The molecule has 1 atom stereocenters. The Morgan fingerprint density at radius 3 is 2.42 bits per heavy atom. The van der Waals surface area contributed by atoms with Crippen molar-refractivity contribution >= 4 is 23.5 Å². The third kappa shape index (κ3) is 3.27. The van der Waals surface area contributed by atoms with Crippen molar-refractivity contribution in [3.8, 4) is 11.4 Å². The topological polar surface area (TPSA) is 102 Å². The lowest BCUT2D eigenvalue weighted by atomic mass is 10.0. The van der Waals surface area contributed by atoms with Gasteiger partial charge in [0.15, 0.2) is 0 Å². The van der Waals surface area contributed by atoms with Crippen molar-refractivity contribution in [1.29, 1.82) is 0 Å². The highest BCUT2D eigenvalue weighted by molar-refractivity contribution is 6.30. The summed E-state index contributed by atoms with van der Waals surface area (Å²) in [5.41, 5.74) is 2.46. The standard InChI is InChI=1S/C17H13ClN6O2/c18-13-7-1-10(2-8-13)9-24-22-15(21-23-24)12-5-3-11(4-6-12)14-16(25)20-17(26)19-14/h1-8,14H,9H2,(H2,19,20,25,26). The van der Waals surface area contributed by atoms with Gasteiger partial charge in [0.2, 0.25) is 5.82 Å². The summed E-state index contributed by atoms with van der Waals surface area (Å²) in [5.74, 6) is 0.111. The fourth-order valence-electron chi connectivity index (χ4n) is 2.66. The van der Waals surface area contributed by atoms with Crippen LogP contribution in [0.4, 0.5) is 4.79 Å². The number of nitrogens with one attached hydrogen (secondary N) is 2. The van der Waals surface area contributed by atoms with Crippen molar-refractivity contribution in [2.45, 2.75) is 12.6 Å². The van der Waals surface area contributed by atoms with Gasteiger partial charge < -0.3 is 5.32 Å². The van der Waals surface area contributed by atoms with Gasteiger partial charge in [0.05, 0.1) is 6.54 Å². The van der Waals surface area contributed by atoms with Gasteiger partial charge in [-0.15, -0.1) is 10.2 Å². The maximum absolute atomic E-state index is 11.7. The van der Waals surface area contributed by atoms with Crippen molar-refractivity contribution in [2.75, 3.05) is 0 Å². The first-order chi connectivity index (χ1) is 12.6. The molecule has 3 amide bonds. The molecule has 8 nitrogen and oxygen atoms in total. The molecule has 130 valence electrons. The maximum atomic E-state index is 11.7. The summed E-state index contributed by atoms with van der Waals surface area (Å²) in [6.07, 6.45) is 0. The van der Waals surface area contributed by atoms with Gasteiger partial charge in [-0.05, 0) is 28.5 Å². The molecule has 0 spiro atoms. The first kappa shape index (κ1) is 16.2. The summed E-state index contributed by atoms with van der Waals surface area (Å²) in [6.45, 7) is 0.483. The van der Waals surface area contributed by atoms with Crippen molar-refractivity contribution in [2.24, 2.45) is 0 Å². The average Bonchev–Trinajstić information content (AvgIpc) is 3.23. The van der Waals surface area contributed by atoms with Crippen molar-refractivity contribution in [3.63, 3.8) is 0 Å². The Kier molecular flexibility index (Phi) is 4.10. The summed E-state index contributed by atoms with van der Waals surface area (Å²) in [5, 5.41) is 17.9. The number of amides is 3. The van der Waals surface area contributed by atoms with Gasteiger partial charge in [0.1, 0.15) is 6.04 Å². The Labute approximate surface area is 153 Å². The predicted octanol–water partition coefficient (Wildman–Crippen LogP) is 1.92. The molecule has 1 aliphatic rings. The van der Waals surface area contributed by atoms with E-state index in [1.807, 2.05) is 24.3 Å². The Morgan fingerprint density at radius 1 is 1.04 bits per heavy atom. The highest BCUT2D eigenvalue weighted by atomic mass is 35.5. The molecule has 0 saturated carbocycles. The number of urea groups is 1. The highest BCUT2D eigenvalue weighted by Gasteiger charge is 2.30. The zero-order valence-electron chi connectivity index (χ0n) is 13.4. The van der Waals surface area contributed by atoms with Crippen LogP contribution in [-0.2, 0) is 11.3 Å². The van der Waals surface area contributed by atoms with Crippen LogP contribution in [0, 0.1) is 0 Å². The van der Waals surface area contributed by atoms with E-state index in [4.69, 9.17) is 11.6 Å². The second-order valence-electron chi connectivity index (χ2n) is 5.79. The molecule has 0 bridgehead atoms. The van der Waals surface area contributed by atoms with Gasteiger partial charge in [-0.3, -0.25) is 10.1 Å². The van der Waals surface area contributed by atoms with Crippen LogP contribution in [0.3, 0.4) is 0 Å². The van der Waals surface area contributed by atoms with Crippen LogP contribution in [-0.4, -0.2) is 32.1 Å². The number of carbonyl (C=O) groups is 2. The molecule has 2 aromatic carbocycles. The van der Waals surface area contributed by atoms with Crippen LogP contribution in [0.5, 0.6) is 0 Å². The quantitative estimate of drug-likeness (QED) is 0.685.